The second kappa shape index (κ2) is 6.54. The first-order valence-electron chi connectivity index (χ1n) is 8.11. The van der Waals surface area contributed by atoms with Gasteiger partial charge in [0.05, 0.1) is 0 Å². The number of carbonyl (C=O) groups excluding carboxylic acids is 3. The van der Waals surface area contributed by atoms with Crippen molar-refractivity contribution in [1.29, 1.82) is 0 Å². The molecule has 1 saturated heterocycles. The molecule has 132 valence electrons. The zero-order chi connectivity index (χ0) is 18.1. The summed E-state index contributed by atoms with van der Waals surface area (Å²) in [6.45, 7) is 2.28. The number of rotatable bonds is 3. The van der Waals surface area contributed by atoms with Gasteiger partial charge in [-0.05, 0) is 42.5 Å². The number of hydrogen-bond donors (Lipinski definition) is 3. The lowest BCUT2D eigenvalue weighted by Gasteiger charge is -2.24. The van der Waals surface area contributed by atoms with E-state index in [0.717, 1.165) is 16.7 Å². The maximum absolute atomic E-state index is 12.7. The molecule has 0 saturated carbocycles. The summed E-state index contributed by atoms with van der Waals surface area (Å²) in [5.41, 5.74) is 2.96. The summed E-state index contributed by atoms with van der Waals surface area (Å²) in [5.74, 6) is -0.978. The molecule has 1 atom stereocenters. The molecule has 8 nitrogen and oxygen atoms in total. The molecule has 25 heavy (non-hydrogen) atoms. The van der Waals surface area contributed by atoms with Crippen molar-refractivity contribution in [2.45, 2.75) is 45.3 Å². The van der Waals surface area contributed by atoms with Gasteiger partial charge in [-0.25, -0.2) is 4.79 Å². The van der Waals surface area contributed by atoms with Gasteiger partial charge in [-0.2, -0.15) is 0 Å². The Morgan fingerprint density at radius 2 is 2.12 bits per heavy atom. The molecule has 0 bridgehead atoms. The molecule has 0 spiro atoms. The van der Waals surface area contributed by atoms with Gasteiger partial charge in [-0.15, -0.1) is 0 Å². The molecule has 1 aromatic carbocycles. The molecule has 0 aromatic heterocycles. The summed E-state index contributed by atoms with van der Waals surface area (Å²) in [5, 5.41) is 13.4. The molecular formula is C17H19N3O5. The third-order valence-corrected chi connectivity index (χ3v) is 4.78. The van der Waals surface area contributed by atoms with Gasteiger partial charge >= 0.3 is 6.09 Å². The third kappa shape index (κ3) is 3.19. The topological polar surface area (TPSA) is 116 Å². The van der Waals surface area contributed by atoms with E-state index in [1.165, 1.54) is 4.90 Å². The summed E-state index contributed by atoms with van der Waals surface area (Å²) in [7, 11) is 0. The average molecular weight is 345 g/mol. The number of carboxylic acid groups (broad SMARTS) is 1. The van der Waals surface area contributed by atoms with E-state index in [-0.39, 0.29) is 31.3 Å². The van der Waals surface area contributed by atoms with Crippen molar-refractivity contribution in [3.63, 3.8) is 0 Å². The lowest BCUT2D eigenvalue weighted by molar-refractivity contribution is -0.132. The highest BCUT2D eigenvalue weighted by atomic mass is 16.4. The Balaban J connectivity index is 1.85. The van der Waals surface area contributed by atoms with Crippen LogP contribution < -0.4 is 10.6 Å². The van der Waals surface area contributed by atoms with Crippen molar-refractivity contribution in [2.75, 3.05) is 0 Å². The molecule has 2 aliphatic heterocycles. The third-order valence-electron chi connectivity index (χ3n) is 4.78. The van der Waals surface area contributed by atoms with Crippen LogP contribution in [0.3, 0.4) is 0 Å². The van der Waals surface area contributed by atoms with Gasteiger partial charge in [0.1, 0.15) is 6.04 Å². The van der Waals surface area contributed by atoms with Crippen LogP contribution >= 0.6 is 0 Å². The molecule has 3 rings (SSSR count). The lowest BCUT2D eigenvalue weighted by atomic mass is 9.99. The molecule has 4 amide bonds. The van der Waals surface area contributed by atoms with E-state index >= 15 is 0 Å². The molecule has 2 heterocycles. The number of carbonyl (C=O) groups is 4. The van der Waals surface area contributed by atoms with E-state index in [2.05, 4.69) is 10.6 Å². The van der Waals surface area contributed by atoms with Gasteiger partial charge in [0.25, 0.3) is 5.91 Å². The van der Waals surface area contributed by atoms with E-state index in [9.17, 15) is 19.2 Å². The van der Waals surface area contributed by atoms with Crippen LogP contribution in [0.15, 0.2) is 12.1 Å². The Morgan fingerprint density at radius 3 is 2.84 bits per heavy atom. The molecule has 1 unspecified atom stereocenters. The zero-order valence-corrected chi connectivity index (χ0v) is 13.8. The molecule has 0 radical (unpaired) electrons. The van der Waals surface area contributed by atoms with Crippen molar-refractivity contribution in [1.82, 2.24) is 15.5 Å². The van der Waals surface area contributed by atoms with Crippen LogP contribution in [0.4, 0.5) is 4.79 Å². The Kier molecular flexibility index (Phi) is 4.43. The number of nitrogens with one attached hydrogen (secondary N) is 2. The minimum Gasteiger partial charge on any atom is -0.465 e. The molecule has 3 N–H and O–H groups in total. The maximum atomic E-state index is 12.7. The summed E-state index contributed by atoms with van der Waals surface area (Å²) < 4.78 is 0. The van der Waals surface area contributed by atoms with Crippen LogP contribution in [0.1, 0.15) is 46.3 Å². The predicted octanol–water partition coefficient (Wildman–Crippen LogP) is 0.914. The van der Waals surface area contributed by atoms with Crippen LogP contribution in [-0.4, -0.2) is 39.9 Å². The second-order valence-corrected chi connectivity index (χ2v) is 6.29. The van der Waals surface area contributed by atoms with Crippen molar-refractivity contribution < 1.29 is 24.3 Å². The molecule has 1 aromatic rings. The van der Waals surface area contributed by atoms with Crippen LogP contribution in [0.5, 0.6) is 0 Å². The van der Waals surface area contributed by atoms with Crippen molar-refractivity contribution in [2.24, 2.45) is 0 Å². The van der Waals surface area contributed by atoms with Gasteiger partial charge in [0, 0.05) is 25.1 Å². The fraction of sp³-hybridized carbons (Fsp3) is 0.412. The van der Waals surface area contributed by atoms with Gasteiger partial charge in [-0.1, -0.05) is 6.07 Å². The van der Waals surface area contributed by atoms with E-state index in [0.29, 0.717) is 18.4 Å². The summed E-state index contributed by atoms with van der Waals surface area (Å²) in [4.78, 5) is 48.6. The van der Waals surface area contributed by atoms with E-state index in [1.54, 1.807) is 12.1 Å². The minimum absolute atomic E-state index is 0.154. The van der Waals surface area contributed by atoms with Crippen LogP contribution in [-0.2, 0) is 22.7 Å². The monoisotopic (exact) mass is 345 g/mol. The first kappa shape index (κ1) is 16.9. The number of amides is 4. The quantitative estimate of drug-likeness (QED) is 0.704. The fourth-order valence-corrected chi connectivity index (χ4v) is 3.39. The van der Waals surface area contributed by atoms with Crippen molar-refractivity contribution >= 4 is 23.8 Å². The Labute approximate surface area is 144 Å². The van der Waals surface area contributed by atoms with Gasteiger partial charge in [0.2, 0.25) is 11.8 Å². The van der Waals surface area contributed by atoms with E-state index < -0.39 is 18.0 Å². The molecule has 0 aliphatic carbocycles. The fourth-order valence-electron chi connectivity index (χ4n) is 3.39. The predicted molar refractivity (Wildman–Crippen MR) is 86.7 cm³/mol. The maximum Gasteiger partial charge on any atom is 0.404 e. The standard InChI is InChI=1S/C17H19N3O5/c1-9-10(7-18-17(24)25)5-6-11-12(9)8-20(16(11)23)13-3-2-4-14(21)19-15(13)22/h5-6,13,18H,2-4,7-8H2,1H3,(H,24,25)(H,19,21,22). The number of benzene rings is 1. The first-order chi connectivity index (χ1) is 11.9. The van der Waals surface area contributed by atoms with Gasteiger partial charge < -0.3 is 15.3 Å². The van der Waals surface area contributed by atoms with Crippen LogP contribution in [0.2, 0.25) is 0 Å². The van der Waals surface area contributed by atoms with Crippen LogP contribution in [0, 0.1) is 6.92 Å². The van der Waals surface area contributed by atoms with Crippen molar-refractivity contribution in [3.8, 4) is 0 Å². The summed E-state index contributed by atoms with van der Waals surface area (Å²) in [6.07, 6.45) is 0.164. The van der Waals surface area contributed by atoms with Gasteiger partial charge in [0.15, 0.2) is 0 Å². The number of hydrogen-bond acceptors (Lipinski definition) is 4. The Morgan fingerprint density at radius 1 is 1.36 bits per heavy atom. The van der Waals surface area contributed by atoms with Gasteiger partial charge in [-0.3, -0.25) is 19.7 Å². The van der Waals surface area contributed by atoms with E-state index in [1.807, 2.05) is 6.92 Å². The number of imide groups is 1. The highest BCUT2D eigenvalue weighted by molar-refractivity contribution is 6.04. The Hall–Kier alpha value is -2.90. The Bertz CT molecular complexity index is 774. The van der Waals surface area contributed by atoms with Crippen molar-refractivity contribution in [3.05, 3.63) is 34.4 Å². The summed E-state index contributed by atoms with van der Waals surface area (Å²) in [6, 6.07) is 2.73. The normalized spacial score (nSPS) is 20.1. The highest BCUT2D eigenvalue weighted by Gasteiger charge is 2.38. The molecule has 8 heteroatoms. The van der Waals surface area contributed by atoms with Crippen LogP contribution in [0.25, 0.3) is 0 Å². The highest BCUT2D eigenvalue weighted by Crippen LogP contribution is 2.31. The molecule has 1 fully saturated rings. The largest absolute Gasteiger partial charge is 0.465 e. The zero-order valence-electron chi connectivity index (χ0n) is 13.8. The SMILES string of the molecule is Cc1c(CNC(=O)O)ccc2c1CN(C1CCCC(=O)NC1=O)C2=O. The minimum atomic E-state index is -1.11. The lowest BCUT2D eigenvalue weighted by Crippen LogP contribution is -2.46. The van der Waals surface area contributed by atoms with E-state index in [4.69, 9.17) is 5.11 Å². The second-order valence-electron chi connectivity index (χ2n) is 6.29. The molecule has 2 aliphatic rings. The number of nitrogens with zero attached hydrogens (tertiary/aromatic N) is 1. The average Bonchev–Trinajstić information content (AvgIpc) is 2.78. The first-order valence-corrected chi connectivity index (χ1v) is 8.11. The number of fused-ring (bicyclic) bond motifs is 1. The summed E-state index contributed by atoms with van der Waals surface area (Å²) >= 11 is 0. The molecular weight excluding hydrogens is 326 g/mol. The smallest absolute Gasteiger partial charge is 0.404 e.